The molecule has 4 rings (SSSR count). The van der Waals surface area contributed by atoms with Crippen molar-refractivity contribution in [2.24, 2.45) is 0 Å². The number of rotatable bonds is 3. The number of ether oxygens (including phenoxy) is 2. The minimum Gasteiger partial charge on any atom is -0.488 e. The van der Waals surface area contributed by atoms with E-state index in [1.165, 1.54) is 5.69 Å². The van der Waals surface area contributed by atoms with Gasteiger partial charge in [0.25, 0.3) is 0 Å². The molecule has 0 radical (unpaired) electrons. The summed E-state index contributed by atoms with van der Waals surface area (Å²) in [6.07, 6.45) is 5.10. The van der Waals surface area contributed by atoms with E-state index in [2.05, 4.69) is 21.4 Å². The zero-order valence-corrected chi connectivity index (χ0v) is 12.6. The number of hydrogen-bond acceptors (Lipinski definition) is 5. The number of nitrogens with one attached hydrogen (secondary N) is 1. The molecule has 1 aromatic heterocycles. The van der Waals surface area contributed by atoms with Crippen molar-refractivity contribution in [2.45, 2.75) is 31.3 Å². The average Bonchev–Trinajstić information content (AvgIpc) is 3.08. The molecular formula is C17H21N3O2. The number of fused-ring (bicyclic) bond motifs is 1. The summed E-state index contributed by atoms with van der Waals surface area (Å²) in [5.41, 5.74) is 2.15. The lowest BCUT2D eigenvalue weighted by Gasteiger charge is -2.23. The maximum atomic E-state index is 5.97. The van der Waals surface area contributed by atoms with Crippen molar-refractivity contribution in [2.75, 3.05) is 26.3 Å². The van der Waals surface area contributed by atoms with Gasteiger partial charge >= 0.3 is 0 Å². The minimum absolute atomic E-state index is 0.170. The maximum Gasteiger partial charge on any atom is 0.124 e. The van der Waals surface area contributed by atoms with E-state index in [4.69, 9.17) is 9.47 Å². The average molecular weight is 299 g/mol. The number of nitrogens with zero attached hydrogens (tertiary/aromatic N) is 2. The van der Waals surface area contributed by atoms with Crippen LogP contribution in [0.2, 0.25) is 0 Å². The van der Waals surface area contributed by atoms with E-state index in [0.29, 0.717) is 12.5 Å². The SMILES string of the molecule is c1nc(C2CCNCC2)c2ccc(O[C@H]3CCOC3)cc2n1. The third-order valence-electron chi connectivity index (χ3n) is 4.56. The van der Waals surface area contributed by atoms with Crippen LogP contribution in [0.4, 0.5) is 0 Å². The summed E-state index contributed by atoms with van der Waals surface area (Å²) in [5.74, 6) is 1.40. The largest absolute Gasteiger partial charge is 0.488 e. The highest BCUT2D eigenvalue weighted by molar-refractivity contribution is 5.82. The molecule has 22 heavy (non-hydrogen) atoms. The topological polar surface area (TPSA) is 56.3 Å². The Kier molecular flexibility index (Phi) is 3.91. The second kappa shape index (κ2) is 6.18. The third-order valence-corrected chi connectivity index (χ3v) is 4.56. The van der Waals surface area contributed by atoms with Gasteiger partial charge < -0.3 is 14.8 Å². The lowest BCUT2D eigenvalue weighted by atomic mass is 9.92. The van der Waals surface area contributed by atoms with Crippen LogP contribution in [0.25, 0.3) is 10.9 Å². The number of benzene rings is 1. The van der Waals surface area contributed by atoms with Crippen molar-refractivity contribution in [3.05, 3.63) is 30.2 Å². The Morgan fingerprint density at radius 3 is 2.86 bits per heavy atom. The molecule has 2 aliphatic heterocycles. The molecule has 3 heterocycles. The Balaban J connectivity index is 1.62. The molecule has 2 saturated heterocycles. The van der Waals surface area contributed by atoms with Crippen molar-refractivity contribution in [1.29, 1.82) is 0 Å². The summed E-state index contributed by atoms with van der Waals surface area (Å²) in [6.45, 7) is 3.61. The van der Waals surface area contributed by atoms with Crippen LogP contribution < -0.4 is 10.1 Å². The van der Waals surface area contributed by atoms with Crippen LogP contribution in [0.3, 0.4) is 0 Å². The molecule has 0 spiro atoms. The molecule has 2 aromatic rings. The van der Waals surface area contributed by atoms with Gasteiger partial charge in [0.2, 0.25) is 0 Å². The fourth-order valence-electron chi connectivity index (χ4n) is 3.35. The van der Waals surface area contributed by atoms with Crippen LogP contribution in [-0.4, -0.2) is 42.4 Å². The van der Waals surface area contributed by atoms with Gasteiger partial charge in [0.05, 0.1) is 24.4 Å². The van der Waals surface area contributed by atoms with E-state index in [-0.39, 0.29) is 6.10 Å². The molecule has 0 amide bonds. The van der Waals surface area contributed by atoms with Gasteiger partial charge in [-0.3, -0.25) is 0 Å². The van der Waals surface area contributed by atoms with Crippen molar-refractivity contribution >= 4 is 10.9 Å². The summed E-state index contributed by atoms with van der Waals surface area (Å²) in [4.78, 5) is 9.00. The van der Waals surface area contributed by atoms with Crippen LogP contribution >= 0.6 is 0 Å². The van der Waals surface area contributed by atoms with Crippen molar-refractivity contribution in [1.82, 2.24) is 15.3 Å². The summed E-state index contributed by atoms with van der Waals surface area (Å²) < 4.78 is 11.3. The van der Waals surface area contributed by atoms with Crippen LogP contribution in [0.1, 0.15) is 30.9 Å². The number of piperidine rings is 1. The molecule has 0 aliphatic carbocycles. The first-order valence-electron chi connectivity index (χ1n) is 8.10. The van der Waals surface area contributed by atoms with Gasteiger partial charge in [-0.05, 0) is 38.1 Å². The normalized spacial score (nSPS) is 23.0. The monoisotopic (exact) mass is 299 g/mol. The molecule has 0 unspecified atom stereocenters. The van der Waals surface area contributed by atoms with Gasteiger partial charge in [0, 0.05) is 23.8 Å². The Labute approximate surface area is 130 Å². The van der Waals surface area contributed by atoms with Gasteiger partial charge in [0.15, 0.2) is 0 Å². The zero-order chi connectivity index (χ0) is 14.8. The Morgan fingerprint density at radius 2 is 2.05 bits per heavy atom. The first-order chi connectivity index (χ1) is 10.9. The lowest BCUT2D eigenvalue weighted by Crippen LogP contribution is -2.27. The summed E-state index contributed by atoms with van der Waals surface area (Å²) in [5, 5.41) is 4.56. The molecule has 0 saturated carbocycles. The molecule has 1 N–H and O–H groups in total. The predicted molar refractivity (Wildman–Crippen MR) is 84.2 cm³/mol. The van der Waals surface area contributed by atoms with Gasteiger partial charge in [-0.25, -0.2) is 9.97 Å². The molecule has 0 bridgehead atoms. The van der Waals surface area contributed by atoms with Gasteiger partial charge in [0.1, 0.15) is 18.2 Å². The van der Waals surface area contributed by atoms with E-state index < -0.39 is 0 Å². The molecule has 1 atom stereocenters. The predicted octanol–water partition coefficient (Wildman–Crippen LogP) is 2.26. The smallest absolute Gasteiger partial charge is 0.124 e. The first-order valence-corrected chi connectivity index (χ1v) is 8.10. The third kappa shape index (κ3) is 2.78. The van der Waals surface area contributed by atoms with Gasteiger partial charge in [-0.15, -0.1) is 0 Å². The molecule has 5 heteroatoms. The molecular weight excluding hydrogens is 278 g/mol. The zero-order valence-electron chi connectivity index (χ0n) is 12.6. The quantitative estimate of drug-likeness (QED) is 0.942. The highest BCUT2D eigenvalue weighted by Crippen LogP contribution is 2.30. The maximum absolute atomic E-state index is 5.97. The molecule has 116 valence electrons. The van der Waals surface area contributed by atoms with Crippen molar-refractivity contribution in [3.8, 4) is 5.75 Å². The first kappa shape index (κ1) is 13.9. The molecule has 2 fully saturated rings. The number of aromatic nitrogens is 2. The highest BCUT2D eigenvalue weighted by atomic mass is 16.5. The van der Waals surface area contributed by atoms with E-state index in [1.807, 2.05) is 12.1 Å². The second-order valence-electron chi connectivity index (χ2n) is 6.07. The summed E-state index contributed by atoms with van der Waals surface area (Å²) in [7, 11) is 0. The fourth-order valence-corrected chi connectivity index (χ4v) is 3.35. The summed E-state index contributed by atoms with van der Waals surface area (Å²) in [6, 6.07) is 6.17. The van der Waals surface area contributed by atoms with E-state index >= 15 is 0 Å². The Bertz CT molecular complexity index is 649. The van der Waals surface area contributed by atoms with Gasteiger partial charge in [-0.1, -0.05) is 0 Å². The molecule has 2 aliphatic rings. The standard InChI is InChI=1S/C17H21N3O2/c1-2-15-16(9-13(1)22-14-5-8-21-10-14)19-11-20-17(15)12-3-6-18-7-4-12/h1-2,9,11-12,14,18H,3-8,10H2/t14-/m0/s1. The van der Waals surface area contributed by atoms with E-state index in [1.54, 1.807) is 6.33 Å². The van der Waals surface area contributed by atoms with Crippen LogP contribution in [0.15, 0.2) is 24.5 Å². The molecule has 1 aromatic carbocycles. The Hall–Kier alpha value is -1.72. The second-order valence-corrected chi connectivity index (χ2v) is 6.07. The lowest BCUT2D eigenvalue weighted by molar-refractivity contribution is 0.141. The van der Waals surface area contributed by atoms with Gasteiger partial charge in [-0.2, -0.15) is 0 Å². The molecule has 5 nitrogen and oxygen atoms in total. The minimum atomic E-state index is 0.170. The van der Waals surface area contributed by atoms with E-state index in [9.17, 15) is 0 Å². The summed E-state index contributed by atoms with van der Waals surface area (Å²) >= 11 is 0. The van der Waals surface area contributed by atoms with Crippen LogP contribution in [0, 0.1) is 0 Å². The van der Waals surface area contributed by atoms with Crippen molar-refractivity contribution < 1.29 is 9.47 Å². The van der Waals surface area contributed by atoms with Crippen LogP contribution in [0.5, 0.6) is 5.75 Å². The van der Waals surface area contributed by atoms with Crippen molar-refractivity contribution in [3.63, 3.8) is 0 Å². The highest BCUT2D eigenvalue weighted by Gasteiger charge is 2.20. The van der Waals surface area contributed by atoms with Crippen LogP contribution in [-0.2, 0) is 4.74 Å². The fraction of sp³-hybridized carbons (Fsp3) is 0.529. The number of hydrogen-bond donors (Lipinski definition) is 1. The Morgan fingerprint density at radius 1 is 1.14 bits per heavy atom. The van der Waals surface area contributed by atoms with E-state index in [0.717, 1.165) is 55.6 Å².